The first-order chi connectivity index (χ1) is 14.4. The van der Waals surface area contributed by atoms with Crippen LogP contribution in [0.3, 0.4) is 0 Å². The Labute approximate surface area is 174 Å². The maximum atomic E-state index is 12.4. The summed E-state index contributed by atoms with van der Waals surface area (Å²) in [6.07, 6.45) is -0.162. The lowest BCUT2D eigenvalue weighted by Gasteiger charge is -2.18. The lowest BCUT2D eigenvalue weighted by atomic mass is 9.96. The largest absolute Gasteiger partial charge is 0.449 e. The van der Waals surface area contributed by atoms with E-state index in [0.29, 0.717) is 17.5 Å². The molecule has 0 aliphatic carbocycles. The van der Waals surface area contributed by atoms with Gasteiger partial charge in [0.05, 0.1) is 5.39 Å². The minimum absolute atomic E-state index is 0.167. The molecule has 1 heterocycles. The van der Waals surface area contributed by atoms with Gasteiger partial charge in [-0.1, -0.05) is 48.9 Å². The molecule has 6 heteroatoms. The smallest absolute Gasteiger partial charge is 0.375 e. The molecule has 156 valence electrons. The maximum absolute atomic E-state index is 12.4. The van der Waals surface area contributed by atoms with E-state index in [1.165, 1.54) is 6.92 Å². The number of fused-ring (bicyclic) bond motifs is 1. The molecule has 2 aromatic carbocycles. The van der Waals surface area contributed by atoms with E-state index in [0.717, 1.165) is 23.6 Å². The van der Waals surface area contributed by atoms with E-state index in [-0.39, 0.29) is 17.1 Å². The van der Waals surface area contributed by atoms with E-state index in [1.54, 1.807) is 18.2 Å². The van der Waals surface area contributed by atoms with Gasteiger partial charge in [0, 0.05) is 18.5 Å². The summed E-state index contributed by atoms with van der Waals surface area (Å²) in [6.45, 7) is 5.84. The molecule has 3 aromatic rings. The first kappa shape index (κ1) is 21.3. The first-order valence-corrected chi connectivity index (χ1v) is 9.97. The molecule has 0 spiro atoms. The molecule has 1 N–H and O–H groups in total. The Morgan fingerprint density at radius 1 is 1.10 bits per heavy atom. The number of carbonyl (C=O) groups excluding carboxylic acids is 2. The van der Waals surface area contributed by atoms with Gasteiger partial charge in [0.25, 0.3) is 5.91 Å². The zero-order chi connectivity index (χ0) is 21.7. The van der Waals surface area contributed by atoms with Gasteiger partial charge in [-0.25, -0.2) is 4.79 Å². The third-order valence-corrected chi connectivity index (χ3v) is 5.02. The molecule has 0 bridgehead atoms. The van der Waals surface area contributed by atoms with Crippen molar-refractivity contribution in [1.82, 2.24) is 5.32 Å². The third kappa shape index (κ3) is 4.95. The van der Waals surface area contributed by atoms with Crippen molar-refractivity contribution >= 4 is 22.8 Å². The highest BCUT2D eigenvalue weighted by molar-refractivity contribution is 5.91. The van der Waals surface area contributed by atoms with Crippen molar-refractivity contribution in [2.75, 3.05) is 6.54 Å². The van der Waals surface area contributed by atoms with Crippen LogP contribution in [0, 0.1) is 6.92 Å². The quantitative estimate of drug-likeness (QED) is 0.599. The van der Waals surface area contributed by atoms with Crippen molar-refractivity contribution in [3.8, 4) is 0 Å². The minimum atomic E-state index is -1.02. The number of esters is 1. The summed E-state index contributed by atoms with van der Waals surface area (Å²) < 4.78 is 10.7. The van der Waals surface area contributed by atoms with Crippen LogP contribution >= 0.6 is 0 Å². The summed E-state index contributed by atoms with van der Waals surface area (Å²) in [5.74, 6) is -1.32. The Morgan fingerprint density at radius 3 is 2.53 bits per heavy atom. The number of hydrogen-bond donors (Lipinski definition) is 1. The van der Waals surface area contributed by atoms with Crippen LogP contribution in [-0.2, 0) is 9.53 Å². The van der Waals surface area contributed by atoms with E-state index in [1.807, 2.05) is 37.3 Å². The number of carbonyl (C=O) groups is 2. The average molecular weight is 407 g/mol. The molecule has 0 saturated carbocycles. The Kier molecular flexibility index (Phi) is 6.67. The van der Waals surface area contributed by atoms with Gasteiger partial charge in [0.1, 0.15) is 5.58 Å². The molecule has 30 heavy (non-hydrogen) atoms. The van der Waals surface area contributed by atoms with Crippen LogP contribution in [0.25, 0.3) is 11.0 Å². The molecule has 0 aliphatic heterocycles. The second kappa shape index (κ2) is 9.39. The lowest BCUT2D eigenvalue weighted by molar-refractivity contribution is -0.129. The fourth-order valence-corrected chi connectivity index (χ4v) is 3.23. The van der Waals surface area contributed by atoms with Gasteiger partial charge in [-0.15, -0.1) is 0 Å². The SMILES string of the molecule is CC[C@@H](CNC(=O)[C@@H](C)OC(=O)c1cc(=O)c2cc(C)ccc2o1)c1ccccc1. The Bertz CT molecular complexity index is 1100. The highest BCUT2D eigenvalue weighted by Gasteiger charge is 2.22. The Balaban J connectivity index is 1.63. The summed E-state index contributed by atoms with van der Waals surface area (Å²) in [7, 11) is 0. The number of ether oxygens (including phenoxy) is 1. The standard InChI is InChI=1S/C24H25NO5/c1-4-17(18-8-6-5-7-9-18)14-25-23(27)16(3)29-24(28)22-13-20(26)19-12-15(2)10-11-21(19)30-22/h5-13,16-17H,4,14H2,1-3H3,(H,25,27)/t16-,17+/m1/s1. The lowest BCUT2D eigenvalue weighted by Crippen LogP contribution is -2.38. The molecule has 0 aliphatic rings. The molecule has 1 amide bonds. The normalized spacial score (nSPS) is 12.9. The van der Waals surface area contributed by atoms with E-state index in [2.05, 4.69) is 12.2 Å². The molecule has 3 rings (SSSR count). The Morgan fingerprint density at radius 2 is 1.83 bits per heavy atom. The van der Waals surface area contributed by atoms with Crippen molar-refractivity contribution in [2.45, 2.75) is 39.2 Å². The van der Waals surface area contributed by atoms with E-state index < -0.39 is 18.0 Å². The summed E-state index contributed by atoms with van der Waals surface area (Å²) in [5.41, 5.74) is 2.01. The zero-order valence-electron chi connectivity index (χ0n) is 17.3. The van der Waals surface area contributed by atoms with E-state index in [9.17, 15) is 14.4 Å². The van der Waals surface area contributed by atoms with Crippen LogP contribution in [0.15, 0.2) is 63.8 Å². The van der Waals surface area contributed by atoms with Gasteiger partial charge in [-0.2, -0.15) is 0 Å². The van der Waals surface area contributed by atoms with Crippen molar-refractivity contribution < 1.29 is 18.7 Å². The van der Waals surface area contributed by atoms with Crippen molar-refractivity contribution in [3.05, 3.63) is 81.7 Å². The summed E-state index contributed by atoms with van der Waals surface area (Å²) in [4.78, 5) is 37.1. The monoisotopic (exact) mass is 407 g/mol. The molecular weight excluding hydrogens is 382 g/mol. The van der Waals surface area contributed by atoms with Gasteiger partial charge in [-0.05, 0) is 38.0 Å². The molecule has 1 aromatic heterocycles. The highest BCUT2D eigenvalue weighted by Crippen LogP contribution is 2.18. The highest BCUT2D eigenvalue weighted by atomic mass is 16.6. The predicted octanol–water partition coefficient (Wildman–Crippen LogP) is 3.96. The van der Waals surface area contributed by atoms with Crippen molar-refractivity contribution in [2.24, 2.45) is 0 Å². The van der Waals surface area contributed by atoms with Crippen LogP contribution in [-0.4, -0.2) is 24.5 Å². The topological polar surface area (TPSA) is 85.6 Å². The minimum Gasteiger partial charge on any atom is -0.449 e. The fraction of sp³-hybridized carbons (Fsp3) is 0.292. The van der Waals surface area contributed by atoms with Crippen molar-refractivity contribution in [3.63, 3.8) is 0 Å². The number of hydrogen-bond acceptors (Lipinski definition) is 5. The van der Waals surface area contributed by atoms with E-state index >= 15 is 0 Å². The fourth-order valence-electron chi connectivity index (χ4n) is 3.23. The number of benzene rings is 2. The molecular formula is C24H25NO5. The van der Waals surface area contributed by atoms with Crippen LogP contribution in [0.2, 0.25) is 0 Å². The average Bonchev–Trinajstić information content (AvgIpc) is 2.75. The maximum Gasteiger partial charge on any atom is 0.375 e. The number of rotatable bonds is 7. The molecule has 0 fully saturated rings. The predicted molar refractivity (Wildman–Crippen MR) is 115 cm³/mol. The van der Waals surface area contributed by atoms with Crippen LogP contribution in [0.1, 0.15) is 47.9 Å². The zero-order valence-corrected chi connectivity index (χ0v) is 17.3. The van der Waals surface area contributed by atoms with Gasteiger partial charge in [0.2, 0.25) is 5.76 Å². The van der Waals surface area contributed by atoms with E-state index in [4.69, 9.17) is 9.15 Å². The van der Waals surface area contributed by atoms with Crippen molar-refractivity contribution in [1.29, 1.82) is 0 Å². The molecule has 2 atom stereocenters. The number of aryl methyl sites for hydroxylation is 1. The van der Waals surface area contributed by atoms with Crippen LogP contribution in [0.5, 0.6) is 0 Å². The third-order valence-electron chi connectivity index (χ3n) is 5.02. The molecule has 0 saturated heterocycles. The summed E-state index contributed by atoms with van der Waals surface area (Å²) in [6, 6.07) is 16.1. The van der Waals surface area contributed by atoms with Gasteiger partial charge < -0.3 is 14.5 Å². The van der Waals surface area contributed by atoms with Gasteiger partial charge in [-0.3, -0.25) is 9.59 Å². The first-order valence-electron chi connectivity index (χ1n) is 9.97. The Hall–Kier alpha value is -3.41. The van der Waals surface area contributed by atoms with Gasteiger partial charge >= 0.3 is 5.97 Å². The van der Waals surface area contributed by atoms with Crippen LogP contribution in [0.4, 0.5) is 0 Å². The summed E-state index contributed by atoms with van der Waals surface area (Å²) in [5, 5.41) is 3.22. The van der Waals surface area contributed by atoms with Crippen LogP contribution < -0.4 is 10.7 Å². The second-order valence-electron chi connectivity index (χ2n) is 7.28. The molecule has 6 nitrogen and oxygen atoms in total. The number of amides is 1. The van der Waals surface area contributed by atoms with Gasteiger partial charge in [0.15, 0.2) is 11.5 Å². The second-order valence-corrected chi connectivity index (χ2v) is 7.28. The molecule has 0 unspecified atom stereocenters. The summed E-state index contributed by atoms with van der Waals surface area (Å²) >= 11 is 0. The molecule has 0 radical (unpaired) electrons. The number of nitrogens with one attached hydrogen (secondary N) is 1.